The van der Waals surface area contributed by atoms with Gasteiger partial charge in [0.1, 0.15) is 0 Å². The molecule has 0 aliphatic heterocycles. The molecule has 0 saturated heterocycles. The van der Waals surface area contributed by atoms with Gasteiger partial charge in [0.25, 0.3) is 0 Å². The second-order valence-electron chi connectivity index (χ2n) is 3.54. The molecule has 0 fully saturated rings. The van der Waals surface area contributed by atoms with Crippen LogP contribution in [0.1, 0.15) is 34.1 Å². The smallest absolute Gasteiger partial charge is 0.00232 e. The Morgan fingerprint density at radius 3 is 2.20 bits per heavy atom. The molecule has 0 aromatic carbocycles. The van der Waals surface area contributed by atoms with Crippen LogP contribution in [0.25, 0.3) is 0 Å². The van der Waals surface area contributed by atoms with Gasteiger partial charge in [-0.1, -0.05) is 27.7 Å². The summed E-state index contributed by atoms with van der Waals surface area (Å²) in [4.78, 5) is 0. The molecule has 0 bridgehead atoms. The first-order valence-corrected chi connectivity index (χ1v) is 4.37. The fourth-order valence-electron chi connectivity index (χ4n) is 1.28. The molecule has 10 heavy (non-hydrogen) atoms. The van der Waals surface area contributed by atoms with Crippen LogP contribution in [0.3, 0.4) is 0 Å². The zero-order chi connectivity index (χ0) is 7.98. The van der Waals surface area contributed by atoms with Gasteiger partial charge in [0.05, 0.1) is 0 Å². The lowest BCUT2D eigenvalue weighted by Gasteiger charge is -2.13. The quantitative estimate of drug-likeness (QED) is 0.622. The Bertz CT molecular complexity index is 69.1. The van der Waals surface area contributed by atoms with E-state index in [1.54, 1.807) is 0 Å². The molecule has 0 aliphatic carbocycles. The molecule has 62 valence electrons. The predicted molar refractivity (Wildman–Crippen MR) is 47.2 cm³/mol. The third-order valence-corrected chi connectivity index (χ3v) is 1.62. The number of nitrogens with one attached hydrogen (secondary N) is 1. The first-order valence-electron chi connectivity index (χ1n) is 4.37. The maximum Gasteiger partial charge on any atom is -0.00232 e. The monoisotopic (exact) mass is 143 g/mol. The molecule has 0 rings (SSSR count). The minimum Gasteiger partial charge on any atom is -0.317 e. The molecule has 1 unspecified atom stereocenters. The molecule has 1 nitrogen and oxygen atoms in total. The van der Waals surface area contributed by atoms with Gasteiger partial charge in [0.15, 0.2) is 0 Å². The number of rotatable bonds is 5. The van der Waals surface area contributed by atoms with Crippen LogP contribution in [-0.2, 0) is 0 Å². The van der Waals surface area contributed by atoms with Crippen LogP contribution in [0.4, 0.5) is 0 Å². The Morgan fingerprint density at radius 1 is 1.20 bits per heavy atom. The van der Waals surface area contributed by atoms with E-state index in [-0.39, 0.29) is 0 Å². The Morgan fingerprint density at radius 2 is 1.80 bits per heavy atom. The molecular formula is C9H21N. The molecule has 0 aromatic rings. The van der Waals surface area contributed by atoms with Crippen LogP contribution in [0.5, 0.6) is 0 Å². The van der Waals surface area contributed by atoms with Crippen LogP contribution >= 0.6 is 0 Å². The summed E-state index contributed by atoms with van der Waals surface area (Å²) in [6.07, 6.45) is 1.34. The van der Waals surface area contributed by atoms with Crippen LogP contribution < -0.4 is 5.32 Å². The lowest BCUT2D eigenvalue weighted by Crippen LogP contribution is -2.21. The second kappa shape index (κ2) is 5.72. The van der Waals surface area contributed by atoms with E-state index in [4.69, 9.17) is 0 Å². The van der Waals surface area contributed by atoms with E-state index < -0.39 is 0 Å². The highest BCUT2D eigenvalue weighted by atomic mass is 14.8. The fraction of sp³-hybridized carbons (Fsp3) is 1.00. The summed E-state index contributed by atoms with van der Waals surface area (Å²) >= 11 is 0. The van der Waals surface area contributed by atoms with Crippen molar-refractivity contribution in [3.8, 4) is 0 Å². The largest absolute Gasteiger partial charge is 0.317 e. The lowest BCUT2D eigenvalue weighted by atomic mass is 9.99. The topological polar surface area (TPSA) is 12.0 Å². The van der Waals surface area contributed by atoms with Crippen molar-refractivity contribution >= 4 is 0 Å². The van der Waals surface area contributed by atoms with Gasteiger partial charge in [-0.3, -0.25) is 0 Å². The maximum absolute atomic E-state index is 3.35. The van der Waals surface area contributed by atoms with Gasteiger partial charge in [-0.05, 0) is 31.3 Å². The molecular weight excluding hydrogens is 122 g/mol. The van der Waals surface area contributed by atoms with Gasteiger partial charge in [0.2, 0.25) is 0 Å². The first kappa shape index (κ1) is 9.96. The minimum atomic E-state index is 0.833. The van der Waals surface area contributed by atoms with Gasteiger partial charge < -0.3 is 5.32 Å². The van der Waals surface area contributed by atoms with E-state index in [1.165, 1.54) is 13.0 Å². The van der Waals surface area contributed by atoms with Crippen molar-refractivity contribution in [2.45, 2.75) is 34.1 Å². The summed E-state index contributed by atoms with van der Waals surface area (Å²) < 4.78 is 0. The van der Waals surface area contributed by atoms with Gasteiger partial charge in [-0.25, -0.2) is 0 Å². The summed E-state index contributed by atoms with van der Waals surface area (Å²) in [5.74, 6) is 1.67. The highest BCUT2D eigenvalue weighted by Crippen LogP contribution is 2.08. The lowest BCUT2D eigenvalue weighted by molar-refractivity contribution is 0.418. The molecule has 0 heterocycles. The molecule has 0 radical (unpaired) electrons. The van der Waals surface area contributed by atoms with Crippen LogP contribution in [0.2, 0.25) is 0 Å². The summed E-state index contributed by atoms with van der Waals surface area (Å²) in [5.41, 5.74) is 0. The molecule has 0 spiro atoms. The third kappa shape index (κ3) is 6.09. The zero-order valence-electron chi connectivity index (χ0n) is 7.78. The number of hydrogen-bond donors (Lipinski definition) is 1. The summed E-state index contributed by atoms with van der Waals surface area (Å²) in [6, 6.07) is 0. The Labute approximate surface area is 65.2 Å². The van der Waals surface area contributed by atoms with E-state index in [0.29, 0.717) is 0 Å². The zero-order valence-corrected chi connectivity index (χ0v) is 7.78. The van der Waals surface area contributed by atoms with Crippen molar-refractivity contribution in [3.05, 3.63) is 0 Å². The van der Waals surface area contributed by atoms with E-state index in [1.807, 2.05) is 0 Å². The van der Waals surface area contributed by atoms with Crippen molar-refractivity contribution in [2.24, 2.45) is 11.8 Å². The summed E-state index contributed by atoms with van der Waals surface area (Å²) in [7, 11) is 0. The maximum atomic E-state index is 3.35. The molecule has 0 saturated carbocycles. The second-order valence-corrected chi connectivity index (χ2v) is 3.54. The minimum absolute atomic E-state index is 0.833. The van der Waals surface area contributed by atoms with Gasteiger partial charge in [-0.2, -0.15) is 0 Å². The SMILES string of the molecule is CCNCC(C)CC(C)C. The average Bonchev–Trinajstić information content (AvgIpc) is 1.82. The van der Waals surface area contributed by atoms with E-state index >= 15 is 0 Å². The Hall–Kier alpha value is -0.0400. The van der Waals surface area contributed by atoms with Crippen LogP contribution in [-0.4, -0.2) is 13.1 Å². The highest BCUT2D eigenvalue weighted by Gasteiger charge is 2.02. The first-order chi connectivity index (χ1) is 4.66. The Kier molecular flexibility index (Phi) is 5.70. The van der Waals surface area contributed by atoms with Gasteiger partial charge in [0, 0.05) is 0 Å². The highest BCUT2D eigenvalue weighted by molar-refractivity contribution is 4.57. The molecule has 1 atom stereocenters. The fourth-order valence-corrected chi connectivity index (χ4v) is 1.28. The summed E-state index contributed by atoms with van der Waals surface area (Å²) in [5, 5.41) is 3.35. The number of hydrogen-bond acceptors (Lipinski definition) is 1. The molecule has 0 aromatic heterocycles. The molecule has 0 amide bonds. The predicted octanol–water partition coefficient (Wildman–Crippen LogP) is 2.28. The van der Waals surface area contributed by atoms with Crippen molar-refractivity contribution in [3.63, 3.8) is 0 Å². The standard InChI is InChI=1S/C9H21N/c1-5-10-7-9(4)6-8(2)3/h8-10H,5-7H2,1-4H3. The van der Waals surface area contributed by atoms with Crippen molar-refractivity contribution in [1.29, 1.82) is 0 Å². The molecule has 0 aliphatic rings. The van der Waals surface area contributed by atoms with Crippen LogP contribution in [0.15, 0.2) is 0 Å². The van der Waals surface area contributed by atoms with E-state index in [9.17, 15) is 0 Å². The molecule has 1 heteroatoms. The Balaban J connectivity index is 3.16. The van der Waals surface area contributed by atoms with Gasteiger partial charge >= 0.3 is 0 Å². The molecule has 1 N–H and O–H groups in total. The van der Waals surface area contributed by atoms with E-state index in [0.717, 1.165) is 18.4 Å². The van der Waals surface area contributed by atoms with Gasteiger partial charge in [-0.15, -0.1) is 0 Å². The van der Waals surface area contributed by atoms with Crippen molar-refractivity contribution in [1.82, 2.24) is 5.32 Å². The normalized spacial score (nSPS) is 14.1. The van der Waals surface area contributed by atoms with Crippen LogP contribution in [0, 0.1) is 11.8 Å². The van der Waals surface area contributed by atoms with Crippen molar-refractivity contribution in [2.75, 3.05) is 13.1 Å². The summed E-state index contributed by atoms with van der Waals surface area (Å²) in [6.45, 7) is 11.3. The third-order valence-electron chi connectivity index (χ3n) is 1.62. The average molecular weight is 143 g/mol. The van der Waals surface area contributed by atoms with E-state index in [2.05, 4.69) is 33.0 Å². The van der Waals surface area contributed by atoms with Crippen molar-refractivity contribution < 1.29 is 0 Å².